The fourth-order valence-corrected chi connectivity index (χ4v) is 3.96. The summed E-state index contributed by atoms with van der Waals surface area (Å²) in [6.07, 6.45) is 5.51. The van der Waals surface area contributed by atoms with Gasteiger partial charge in [0.05, 0.1) is 23.9 Å². The van der Waals surface area contributed by atoms with Gasteiger partial charge in [-0.15, -0.1) is 0 Å². The third-order valence-electron chi connectivity index (χ3n) is 5.74. The number of hydrogen-bond acceptors (Lipinski definition) is 5. The summed E-state index contributed by atoms with van der Waals surface area (Å²) in [7, 11) is 1.82. The Morgan fingerprint density at radius 2 is 2.00 bits per heavy atom. The summed E-state index contributed by atoms with van der Waals surface area (Å²) in [5.41, 5.74) is 2.21. The molecule has 1 aromatic carbocycles. The third-order valence-corrected chi connectivity index (χ3v) is 5.74. The zero-order valence-electron chi connectivity index (χ0n) is 20.0. The molecule has 0 radical (unpaired) electrons. The molecule has 2 aromatic rings. The first-order valence-corrected chi connectivity index (χ1v) is 11.4. The van der Waals surface area contributed by atoms with Gasteiger partial charge in [-0.1, -0.05) is 12.1 Å². The van der Waals surface area contributed by atoms with Crippen LogP contribution in [0.4, 0.5) is 4.79 Å². The Morgan fingerprint density at radius 1 is 1.27 bits per heavy atom. The second-order valence-electron chi connectivity index (χ2n) is 9.60. The predicted molar refractivity (Wildman–Crippen MR) is 124 cm³/mol. The number of imidazole rings is 1. The summed E-state index contributed by atoms with van der Waals surface area (Å²) in [5, 5.41) is 8.95. The standard InChI is InChI=1S/C25H33N5O3/c1-25(2,3)33-24(32)29-12-5-6-21(17-29)23(31)28(4)13-11-22-15-27-18-30(22)16-20-9-7-19(14-26)8-10-20/h7-10,15,18,21H,5-6,11-13,16-17H2,1-4H3/t21-/m0/s1. The number of rotatable bonds is 6. The Balaban J connectivity index is 1.54. The maximum atomic E-state index is 13.0. The minimum atomic E-state index is -0.550. The van der Waals surface area contributed by atoms with Gasteiger partial charge in [-0.3, -0.25) is 4.79 Å². The van der Waals surface area contributed by atoms with Gasteiger partial charge in [-0.2, -0.15) is 5.26 Å². The van der Waals surface area contributed by atoms with Gasteiger partial charge in [0, 0.05) is 51.5 Å². The number of hydrogen-bond donors (Lipinski definition) is 0. The first-order chi connectivity index (χ1) is 15.7. The van der Waals surface area contributed by atoms with Crippen LogP contribution in [-0.2, 0) is 22.5 Å². The number of nitriles is 1. The van der Waals surface area contributed by atoms with Crippen molar-refractivity contribution in [3.05, 3.63) is 53.6 Å². The van der Waals surface area contributed by atoms with Crippen LogP contribution < -0.4 is 0 Å². The smallest absolute Gasteiger partial charge is 0.410 e. The van der Waals surface area contributed by atoms with Crippen molar-refractivity contribution in [3.63, 3.8) is 0 Å². The predicted octanol–water partition coefficient (Wildman–Crippen LogP) is 3.45. The maximum Gasteiger partial charge on any atom is 0.410 e. The van der Waals surface area contributed by atoms with Crippen LogP contribution in [0, 0.1) is 17.2 Å². The van der Waals surface area contributed by atoms with E-state index >= 15 is 0 Å². The lowest BCUT2D eigenvalue weighted by Crippen LogP contribution is -2.47. The summed E-state index contributed by atoms with van der Waals surface area (Å²) in [5.74, 6) is -0.152. The zero-order chi connectivity index (χ0) is 24.0. The van der Waals surface area contributed by atoms with Crippen molar-refractivity contribution in [2.75, 3.05) is 26.7 Å². The molecule has 1 saturated heterocycles. The number of likely N-dealkylation sites (tertiary alicyclic amines) is 1. The minimum Gasteiger partial charge on any atom is -0.444 e. The van der Waals surface area contributed by atoms with Crippen LogP contribution in [0.2, 0.25) is 0 Å². The molecule has 8 heteroatoms. The van der Waals surface area contributed by atoms with Gasteiger partial charge in [-0.25, -0.2) is 9.78 Å². The highest BCUT2D eigenvalue weighted by Gasteiger charge is 2.32. The average Bonchev–Trinajstić information content (AvgIpc) is 3.23. The highest BCUT2D eigenvalue weighted by atomic mass is 16.6. The second-order valence-corrected chi connectivity index (χ2v) is 9.60. The van der Waals surface area contributed by atoms with Gasteiger partial charge in [0.1, 0.15) is 5.60 Å². The zero-order valence-corrected chi connectivity index (χ0v) is 20.0. The van der Waals surface area contributed by atoms with Crippen molar-refractivity contribution in [2.24, 2.45) is 5.92 Å². The molecule has 1 aliphatic heterocycles. The Hall–Kier alpha value is -3.34. The highest BCUT2D eigenvalue weighted by molar-refractivity contribution is 5.80. The van der Waals surface area contributed by atoms with Crippen molar-refractivity contribution in [1.29, 1.82) is 5.26 Å². The van der Waals surface area contributed by atoms with Crippen LogP contribution in [-0.4, -0.2) is 63.6 Å². The quantitative estimate of drug-likeness (QED) is 0.671. The number of aromatic nitrogens is 2. The largest absolute Gasteiger partial charge is 0.444 e. The molecule has 8 nitrogen and oxygen atoms in total. The number of amides is 2. The monoisotopic (exact) mass is 451 g/mol. The van der Waals surface area contributed by atoms with E-state index in [1.54, 1.807) is 16.1 Å². The number of nitrogens with zero attached hydrogens (tertiary/aromatic N) is 5. The van der Waals surface area contributed by atoms with Gasteiger partial charge in [0.25, 0.3) is 0 Å². The van der Waals surface area contributed by atoms with Gasteiger partial charge < -0.3 is 19.1 Å². The SMILES string of the molecule is CN(CCc1cncn1Cc1ccc(C#N)cc1)C(=O)[C@H]1CCCN(C(=O)OC(C)(C)C)C1. The lowest BCUT2D eigenvalue weighted by Gasteiger charge is -2.35. The molecule has 0 spiro atoms. The van der Waals surface area contributed by atoms with E-state index in [0.717, 1.165) is 24.1 Å². The molecule has 3 rings (SSSR count). The topological polar surface area (TPSA) is 91.5 Å². The highest BCUT2D eigenvalue weighted by Crippen LogP contribution is 2.21. The molecular weight excluding hydrogens is 418 g/mol. The van der Waals surface area contributed by atoms with E-state index in [4.69, 9.17) is 10.00 Å². The molecule has 176 valence electrons. The van der Waals surface area contributed by atoms with Crippen LogP contribution >= 0.6 is 0 Å². The van der Waals surface area contributed by atoms with E-state index in [-0.39, 0.29) is 17.9 Å². The molecule has 1 aliphatic rings. The maximum absolute atomic E-state index is 13.0. The van der Waals surface area contributed by atoms with E-state index in [1.807, 2.05) is 58.3 Å². The number of carbonyl (C=O) groups is 2. The summed E-state index contributed by atoms with van der Waals surface area (Å²) in [6, 6.07) is 9.63. The molecule has 2 amide bonds. The van der Waals surface area contributed by atoms with Gasteiger partial charge in [-0.05, 0) is 51.3 Å². The van der Waals surface area contributed by atoms with Crippen molar-refractivity contribution in [3.8, 4) is 6.07 Å². The normalized spacial score (nSPS) is 16.2. The van der Waals surface area contributed by atoms with E-state index in [2.05, 4.69) is 15.6 Å². The third kappa shape index (κ3) is 6.82. The van der Waals surface area contributed by atoms with Crippen molar-refractivity contribution in [2.45, 2.75) is 52.2 Å². The Kier molecular flexibility index (Phi) is 7.75. The van der Waals surface area contributed by atoms with Crippen LogP contribution in [0.15, 0.2) is 36.8 Å². The van der Waals surface area contributed by atoms with E-state index in [9.17, 15) is 9.59 Å². The fourth-order valence-electron chi connectivity index (χ4n) is 3.96. The van der Waals surface area contributed by atoms with Crippen LogP contribution in [0.25, 0.3) is 0 Å². The first kappa shape index (κ1) is 24.3. The average molecular weight is 452 g/mol. The lowest BCUT2D eigenvalue weighted by molar-refractivity contribution is -0.135. The van der Waals surface area contributed by atoms with Crippen molar-refractivity contribution >= 4 is 12.0 Å². The molecule has 1 aromatic heterocycles. The Morgan fingerprint density at radius 3 is 2.67 bits per heavy atom. The molecule has 2 heterocycles. The number of benzene rings is 1. The van der Waals surface area contributed by atoms with E-state index in [1.165, 1.54) is 0 Å². The molecule has 1 fully saturated rings. The number of piperidine rings is 1. The van der Waals surface area contributed by atoms with Crippen LogP contribution in [0.5, 0.6) is 0 Å². The van der Waals surface area contributed by atoms with Crippen molar-refractivity contribution < 1.29 is 14.3 Å². The van der Waals surface area contributed by atoms with Gasteiger partial charge in [0.2, 0.25) is 5.91 Å². The molecule has 0 bridgehead atoms. The summed E-state index contributed by atoms with van der Waals surface area (Å²) < 4.78 is 7.53. The van der Waals surface area contributed by atoms with Crippen LogP contribution in [0.1, 0.15) is 50.4 Å². The molecule has 0 aliphatic carbocycles. The summed E-state index contributed by atoms with van der Waals surface area (Å²) in [6.45, 7) is 7.78. The fraction of sp³-hybridized carbons (Fsp3) is 0.520. The molecule has 0 saturated carbocycles. The number of ether oxygens (including phenoxy) is 1. The van der Waals surface area contributed by atoms with E-state index in [0.29, 0.717) is 38.2 Å². The summed E-state index contributed by atoms with van der Waals surface area (Å²) >= 11 is 0. The van der Waals surface area contributed by atoms with Gasteiger partial charge in [0.15, 0.2) is 0 Å². The number of likely N-dealkylation sites (N-methyl/N-ethyl adjacent to an activating group) is 1. The lowest BCUT2D eigenvalue weighted by atomic mass is 9.97. The summed E-state index contributed by atoms with van der Waals surface area (Å²) in [4.78, 5) is 33.1. The van der Waals surface area contributed by atoms with Crippen LogP contribution in [0.3, 0.4) is 0 Å². The molecule has 0 unspecified atom stereocenters. The Labute approximate surface area is 195 Å². The molecule has 33 heavy (non-hydrogen) atoms. The molecule has 1 atom stereocenters. The Bertz CT molecular complexity index is 1000. The van der Waals surface area contributed by atoms with E-state index < -0.39 is 5.60 Å². The van der Waals surface area contributed by atoms with Gasteiger partial charge >= 0.3 is 6.09 Å². The van der Waals surface area contributed by atoms with Crippen molar-refractivity contribution in [1.82, 2.24) is 19.4 Å². The molecule has 0 N–H and O–H groups in total. The second kappa shape index (κ2) is 10.5. The first-order valence-electron chi connectivity index (χ1n) is 11.4. The minimum absolute atomic E-state index is 0.0569. The number of carbonyl (C=O) groups excluding carboxylic acids is 2. The molecular formula is C25H33N5O3.